The lowest BCUT2D eigenvalue weighted by Gasteiger charge is -2.38. The summed E-state index contributed by atoms with van der Waals surface area (Å²) in [5.74, 6) is 0.476. The number of anilines is 1. The summed E-state index contributed by atoms with van der Waals surface area (Å²) in [6.45, 7) is 5.06. The number of amides is 1. The monoisotopic (exact) mass is 266 g/mol. The van der Waals surface area contributed by atoms with Gasteiger partial charge in [0, 0.05) is 18.3 Å². The molecule has 2 rings (SSSR count). The average Bonchev–Trinajstić information content (AvgIpc) is 2.32. The van der Waals surface area contributed by atoms with Gasteiger partial charge in [0.15, 0.2) is 0 Å². The third-order valence-corrected chi connectivity index (χ3v) is 4.21. The quantitative estimate of drug-likeness (QED) is 0.794. The van der Waals surface area contributed by atoms with Gasteiger partial charge in [-0.15, -0.1) is 0 Å². The van der Waals surface area contributed by atoms with Crippen molar-refractivity contribution in [1.82, 2.24) is 4.90 Å². The van der Waals surface area contributed by atoms with Gasteiger partial charge in [0.05, 0.1) is 10.6 Å². The Kier molecular flexibility index (Phi) is 3.81. The summed E-state index contributed by atoms with van der Waals surface area (Å²) in [6.07, 6.45) is 2.21. The molecule has 1 aliphatic heterocycles. The fourth-order valence-electron chi connectivity index (χ4n) is 2.53. The van der Waals surface area contributed by atoms with Crippen LogP contribution in [-0.2, 0) is 0 Å². The van der Waals surface area contributed by atoms with Crippen molar-refractivity contribution in [2.45, 2.75) is 32.7 Å². The van der Waals surface area contributed by atoms with Crippen molar-refractivity contribution < 1.29 is 4.79 Å². The number of benzene rings is 1. The minimum absolute atomic E-state index is 0.0443. The van der Waals surface area contributed by atoms with E-state index >= 15 is 0 Å². The molecule has 0 radical (unpaired) electrons. The van der Waals surface area contributed by atoms with Crippen molar-refractivity contribution in [3.63, 3.8) is 0 Å². The van der Waals surface area contributed by atoms with Gasteiger partial charge in [-0.3, -0.25) is 4.79 Å². The van der Waals surface area contributed by atoms with Crippen LogP contribution in [0, 0.1) is 5.92 Å². The Bertz CT molecular complexity index is 441. The highest BCUT2D eigenvalue weighted by Crippen LogP contribution is 2.29. The number of piperidine rings is 1. The van der Waals surface area contributed by atoms with E-state index in [4.69, 9.17) is 17.3 Å². The number of carbonyl (C=O) groups is 1. The van der Waals surface area contributed by atoms with Crippen LogP contribution in [0.15, 0.2) is 18.2 Å². The number of hydrogen-bond donors (Lipinski definition) is 1. The predicted octanol–water partition coefficient (Wildman–Crippen LogP) is 3.18. The first-order valence-electron chi connectivity index (χ1n) is 6.37. The Labute approximate surface area is 113 Å². The van der Waals surface area contributed by atoms with Gasteiger partial charge in [-0.25, -0.2) is 0 Å². The van der Waals surface area contributed by atoms with Crippen LogP contribution in [0.2, 0.25) is 5.02 Å². The summed E-state index contributed by atoms with van der Waals surface area (Å²) in [5, 5.41) is 0.436. The molecule has 2 atom stereocenters. The van der Waals surface area contributed by atoms with Crippen LogP contribution in [0.3, 0.4) is 0 Å². The van der Waals surface area contributed by atoms with Gasteiger partial charge in [-0.1, -0.05) is 24.6 Å². The lowest BCUT2D eigenvalue weighted by atomic mass is 9.91. The molecule has 0 saturated carbocycles. The maximum atomic E-state index is 12.6. The van der Waals surface area contributed by atoms with Crippen molar-refractivity contribution in [1.29, 1.82) is 0 Å². The molecule has 1 amide bonds. The van der Waals surface area contributed by atoms with Crippen LogP contribution in [-0.4, -0.2) is 23.4 Å². The molecule has 2 unspecified atom stereocenters. The minimum Gasteiger partial charge on any atom is -0.398 e. The molecule has 0 bridgehead atoms. The van der Waals surface area contributed by atoms with Crippen molar-refractivity contribution in [3.8, 4) is 0 Å². The maximum absolute atomic E-state index is 12.6. The van der Waals surface area contributed by atoms with Crippen molar-refractivity contribution in [3.05, 3.63) is 28.8 Å². The third kappa shape index (κ3) is 2.32. The number of rotatable bonds is 1. The van der Waals surface area contributed by atoms with Gasteiger partial charge >= 0.3 is 0 Å². The second-order valence-electron chi connectivity index (χ2n) is 5.06. The van der Waals surface area contributed by atoms with E-state index in [0.29, 0.717) is 22.2 Å². The smallest absolute Gasteiger partial charge is 0.257 e. The molecule has 3 nitrogen and oxygen atoms in total. The van der Waals surface area contributed by atoms with E-state index < -0.39 is 0 Å². The summed E-state index contributed by atoms with van der Waals surface area (Å²) in [5.41, 5.74) is 6.78. The zero-order valence-electron chi connectivity index (χ0n) is 10.8. The summed E-state index contributed by atoms with van der Waals surface area (Å²) in [6, 6.07) is 5.43. The summed E-state index contributed by atoms with van der Waals surface area (Å²) in [4.78, 5) is 14.5. The van der Waals surface area contributed by atoms with E-state index in [9.17, 15) is 4.79 Å². The Hall–Kier alpha value is -1.22. The number of nitrogens with two attached hydrogens (primary N) is 1. The topological polar surface area (TPSA) is 46.3 Å². The molecule has 1 saturated heterocycles. The van der Waals surface area contributed by atoms with E-state index in [0.717, 1.165) is 13.0 Å². The van der Waals surface area contributed by atoms with Crippen LogP contribution in [0.4, 0.5) is 5.69 Å². The van der Waals surface area contributed by atoms with E-state index in [-0.39, 0.29) is 11.9 Å². The maximum Gasteiger partial charge on any atom is 0.257 e. The summed E-state index contributed by atoms with van der Waals surface area (Å²) < 4.78 is 0. The molecule has 1 aromatic carbocycles. The molecular weight excluding hydrogens is 248 g/mol. The SMILES string of the molecule is CC1CCCN(C(=O)c2c(N)cccc2Cl)C1C. The Morgan fingerprint density at radius 2 is 2.17 bits per heavy atom. The number of halogens is 1. The zero-order chi connectivity index (χ0) is 13.3. The fraction of sp³-hybridized carbons (Fsp3) is 0.500. The summed E-state index contributed by atoms with van der Waals surface area (Å²) >= 11 is 6.10. The molecule has 2 N–H and O–H groups in total. The lowest BCUT2D eigenvalue weighted by Crippen LogP contribution is -2.46. The molecule has 0 aliphatic carbocycles. The number of nitrogens with zero attached hydrogens (tertiary/aromatic N) is 1. The van der Waals surface area contributed by atoms with Gasteiger partial charge in [-0.2, -0.15) is 0 Å². The molecule has 0 aromatic heterocycles. The van der Waals surface area contributed by atoms with Crippen LogP contribution in [0.5, 0.6) is 0 Å². The van der Waals surface area contributed by atoms with E-state index in [2.05, 4.69) is 13.8 Å². The average molecular weight is 267 g/mol. The fourth-order valence-corrected chi connectivity index (χ4v) is 2.79. The highest BCUT2D eigenvalue weighted by atomic mass is 35.5. The molecule has 1 aliphatic rings. The minimum atomic E-state index is -0.0443. The van der Waals surface area contributed by atoms with Crippen molar-refractivity contribution in [2.75, 3.05) is 12.3 Å². The van der Waals surface area contributed by atoms with Gasteiger partial charge in [0.25, 0.3) is 5.91 Å². The largest absolute Gasteiger partial charge is 0.398 e. The first kappa shape index (κ1) is 13.2. The van der Waals surface area contributed by atoms with Crippen molar-refractivity contribution in [2.24, 2.45) is 5.92 Å². The highest BCUT2D eigenvalue weighted by Gasteiger charge is 2.30. The first-order valence-corrected chi connectivity index (χ1v) is 6.75. The molecule has 0 spiro atoms. The second kappa shape index (κ2) is 5.19. The number of hydrogen-bond acceptors (Lipinski definition) is 2. The molecule has 18 heavy (non-hydrogen) atoms. The van der Waals surface area contributed by atoms with Gasteiger partial charge in [0.1, 0.15) is 0 Å². The lowest BCUT2D eigenvalue weighted by molar-refractivity contribution is 0.0552. The Morgan fingerprint density at radius 3 is 2.83 bits per heavy atom. The van der Waals surface area contributed by atoms with Crippen LogP contribution < -0.4 is 5.73 Å². The van der Waals surface area contributed by atoms with E-state index in [1.807, 2.05) is 4.90 Å². The highest BCUT2D eigenvalue weighted by molar-refractivity contribution is 6.34. The molecule has 1 heterocycles. The Morgan fingerprint density at radius 1 is 1.44 bits per heavy atom. The standard InChI is InChI=1S/C14H19ClN2O/c1-9-5-4-8-17(10(9)2)14(18)13-11(15)6-3-7-12(13)16/h3,6-7,9-10H,4-5,8,16H2,1-2H3. The van der Waals surface area contributed by atoms with Crippen LogP contribution in [0.1, 0.15) is 37.0 Å². The number of nitrogen functional groups attached to an aromatic ring is 1. The van der Waals surface area contributed by atoms with Crippen molar-refractivity contribution >= 4 is 23.2 Å². The normalized spacial score (nSPS) is 24.1. The number of carbonyl (C=O) groups excluding carboxylic acids is 1. The zero-order valence-corrected chi connectivity index (χ0v) is 11.6. The Balaban J connectivity index is 2.31. The van der Waals surface area contributed by atoms with E-state index in [1.165, 1.54) is 6.42 Å². The molecule has 1 aromatic rings. The molecule has 98 valence electrons. The van der Waals surface area contributed by atoms with Gasteiger partial charge in [0.2, 0.25) is 0 Å². The predicted molar refractivity (Wildman–Crippen MR) is 74.8 cm³/mol. The second-order valence-corrected chi connectivity index (χ2v) is 5.47. The van der Waals surface area contributed by atoms with E-state index in [1.54, 1.807) is 18.2 Å². The molecule has 4 heteroatoms. The number of likely N-dealkylation sites (tertiary alicyclic amines) is 1. The summed E-state index contributed by atoms with van der Waals surface area (Å²) in [7, 11) is 0. The van der Waals surface area contributed by atoms with Gasteiger partial charge < -0.3 is 10.6 Å². The van der Waals surface area contributed by atoms with Gasteiger partial charge in [-0.05, 0) is 37.8 Å². The first-order chi connectivity index (χ1) is 8.52. The van der Waals surface area contributed by atoms with Crippen LogP contribution in [0.25, 0.3) is 0 Å². The molecule has 1 fully saturated rings. The van der Waals surface area contributed by atoms with Crippen LogP contribution >= 0.6 is 11.6 Å². The molecular formula is C14H19ClN2O. The third-order valence-electron chi connectivity index (χ3n) is 3.89.